The molecule has 0 aromatic carbocycles. The summed E-state index contributed by atoms with van der Waals surface area (Å²) in [5.41, 5.74) is 0.576. The smallest absolute Gasteiger partial charge is 0.273 e. The van der Waals surface area contributed by atoms with Gasteiger partial charge < -0.3 is 9.88 Å². The summed E-state index contributed by atoms with van der Waals surface area (Å²) in [6.45, 7) is 4.03. The second kappa shape index (κ2) is 5.83. The Hall–Kier alpha value is -1.21. The quantitative estimate of drug-likeness (QED) is 0.874. The topological polar surface area (TPSA) is 59.8 Å². The lowest BCUT2D eigenvalue weighted by Gasteiger charge is -2.12. The number of carbonyl (C=O) groups excluding carboxylic acids is 1. The summed E-state index contributed by atoms with van der Waals surface area (Å²) in [6.07, 6.45) is 4.92. The minimum Gasteiger partial charge on any atom is -0.340 e. The van der Waals surface area contributed by atoms with Crippen molar-refractivity contribution in [1.29, 1.82) is 0 Å². The van der Waals surface area contributed by atoms with Crippen molar-refractivity contribution < 1.29 is 4.79 Å². The van der Waals surface area contributed by atoms with Crippen LogP contribution in [0.4, 0.5) is 5.82 Å². The molecule has 2 aromatic heterocycles. The van der Waals surface area contributed by atoms with Gasteiger partial charge in [-0.25, -0.2) is 9.97 Å². The van der Waals surface area contributed by atoms with Gasteiger partial charge in [0.15, 0.2) is 5.82 Å². The van der Waals surface area contributed by atoms with Crippen molar-refractivity contribution in [3.05, 3.63) is 39.4 Å². The number of nitrogens with one attached hydrogen (secondary N) is 1. The van der Waals surface area contributed by atoms with Gasteiger partial charge in [-0.15, -0.1) is 0 Å². The van der Waals surface area contributed by atoms with Crippen molar-refractivity contribution in [2.45, 2.75) is 19.9 Å². The van der Waals surface area contributed by atoms with E-state index in [1.54, 1.807) is 6.07 Å². The maximum atomic E-state index is 12.2. The third-order valence-corrected chi connectivity index (χ3v) is 3.31. The van der Waals surface area contributed by atoms with Crippen molar-refractivity contribution >= 4 is 43.6 Å². The molecule has 0 radical (unpaired) electrons. The molecule has 1 amide bonds. The van der Waals surface area contributed by atoms with E-state index in [4.69, 9.17) is 0 Å². The summed E-state index contributed by atoms with van der Waals surface area (Å²) in [5.74, 6) is 0.205. The minimum atomic E-state index is -0.212. The normalized spacial score (nSPS) is 10.8. The van der Waals surface area contributed by atoms with Gasteiger partial charge in [-0.1, -0.05) is 0 Å². The molecule has 7 heteroatoms. The van der Waals surface area contributed by atoms with Crippen molar-refractivity contribution in [3.63, 3.8) is 0 Å². The molecule has 0 saturated carbocycles. The lowest BCUT2D eigenvalue weighted by molar-refractivity contribution is 0.101. The fourth-order valence-corrected chi connectivity index (χ4v) is 2.25. The van der Waals surface area contributed by atoms with Crippen LogP contribution in [0.2, 0.25) is 0 Å². The predicted molar refractivity (Wildman–Crippen MR) is 80.2 cm³/mol. The van der Waals surface area contributed by atoms with E-state index in [-0.39, 0.29) is 11.9 Å². The molecule has 0 fully saturated rings. The standard InChI is InChI=1S/C12H12Br2N4O/c1-7(2)18-6-8(13)3-9(18)12(19)17-11-5-15-10(14)4-16-11/h3-7H,1-2H3,(H,16,17,19). The highest BCUT2D eigenvalue weighted by molar-refractivity contribution is 9.10. The summed E-state index contributed by atoms with van der Waals surface area (Å²) in [6, 6.07) is 1.98. The highest BCUT2D eigenvalue weighted by Crippen LogP contribution is 2.20. The van der Waals surface area contributed by atoms with Crippen LogP contribution < -0.4 is 5.32 Å². The Morgan fingerprint density at radius 3 is 2.63 bits per heavy atom. The van der Waals surface area contributed by atoms with E-state index < -0.39 is 0 Å². The lowest BCUT2D eigenvalue weighted by Crippen LogP contribution is -2.18. The number of halogens is 2. The van der Waals surface area contributed by atoms with E-state index in [9.17, 15) is 4.79 Å². The van der Waals surface area contributed by atoms with Gasteiger partial charge in [0, 0.05) is 16.7 Å². The van der Waals surface area contributed by atoms with Crippen LogP contribution in [0.25, 0.3) is 0 Å². The van der Waals surface area contributed by atoms with Gasteiger partial charge in [0.25, 0.3) is 5.91 Å². The molecule has 1 N–H and O–H groups in total. The Balaban J connectivity index is 2.22. The van der Waals surface area contributed by atoms with Gasteiger partial charge in [-0.2, -0.15) is 0 Å². The van der Waals surface area contributed by atoms with Crippen molar-refractivity contribution in [2.75, 3.05) is 5.32 Å². The summed E-state index contributed by atoms with van der Waals surface area (Å²) >= 11 is 6.57. The average Bonchev–Trinajstić information content (AvgIpc) is 2.74. The molecular weight excluding hydrogens is 376 g/mol. The Morgan fingerprint density at radius 2 is 2.05 bits per heavy atom. The first-order valence-corrected chi connectivity index (χ1v) is 7.22. The first kappa shape index (κ1) is 14.2. The minimum absolute atomic E-state index is 0.197. The van der Waals surface area contributed by atoms with Crippen LogP contribution in [-0.2, 0) is 0 Å². The predicted octanol–water partition coefficient (Wildman–Crippen LogP) is 3.64. The molecule has 0 aliphatic carbocycles. The summed E-state index contributed by atoms with van der Waals surface area (Å²) in [4.78, 5) is 20.3. The van der Waals surface area contributed by atoms with Gasteiger partial charge >= 0.3 is 0 Å². The molecule has 2 aromatic rings. The van der Waals surface area contributed by atoms with Crippen molar-refractivity contribution in [3.8, 4) is 0 Å². The second-order valence-corrected chi connectivity index (χ2v) is 5.95. The number of aromatic nitrogens is 3. The number of nitrogens with zero attached hydrogens (tertiary/aromatic N) is 3. The van der Waals surface area contributed by atoms with Crippen LogP contribution in [0, 0.1) is 0 Å². The first-order chi connectivity index (χ1) is 8.97. The summed E-state index contributed by atoms with van der Waals surface area (Å²) in [7, 11) is 0. The number of anilines is 1. The van der Waals surface area contributed by atoms with Gasteiger partial charge in [-0.3, -0.25) is 4.79 Å². The van der Waals surface area contributed by atoms with Crippen LogP contribution >= 0.6 is 31.9 Å². The molecule has 0 atom stereocenters. The van der Waals surface area contributed by atoms with E-state index in [0.29, 0.717) is 16.1 Å². The molecule has 19 heavy (non-hydrogen) atoms. The fourth-order valence-electron chi connectivity index (χ4n) is 1.61. The molecule has 0 saturated heterocycles. The fraction of sp³-hybridized carbons (Fsp3) is 0.250. The molecule has 0 unspecified atom stereocenters. The van der Waals surface area contributed by atoms with Gasteiger partial charge in [0.1, 0.15) is 10.3 Å². The first-order valence-electron chi connectivity index (χ1n) is 5.63. The number of hydrogen-bond donors (Lipinski definition) is 1. The summed E-state index contributed by atoms with van der Waals surface area (Å²) in [5, 5.41) is 2.72. The number of carbonyl (C=O) groups is 1. The molecule has 0 spiro atoms. The second-order valence-electron chi connectivity index (χ2n) is 4.22. The average molecular weight is 388 g/mol. The molecule has 100 valence electrons. The molecule has 0 aliphatic rings. The zero-order chi connectivity index (χ0) is 14.0. The lowest BCUT2D eigenvalue weighted by atomic mass is 10.3. The van der Waals surface area contributed by atoms with Crippen LogP contribution in [0.15, 0.2) is 33.7 Å². The molecule has 0 bridgehead atoms. The molecular formula is C12H12Br2N4O. The highest BCUT2D eigenvalue weighted by atomic mass is 79.9. The third-order valence-electron chi connectivity index (χ3n) is 2.47. The molecule has 5 nitrogen and oxygen atoms in total. The van der Waals surface area contributed by atoms with E-state index >= 15 is 0 Å². The monoisotopic (exact) mass is 386 g/mol. The van der Waals surface area contributed by atoms with Gasteiger partial charge in [0.05, 0.1) is 12.4 Å². The Bertz CT molecular complexity index is 592. The Kier molecular flexibility index (Phi) is 4.36. The molecule has 2 heterocycles. The largest absolute Gasteiger partial charge is 0.340 e. The highest BCUT2D eigenvalue weighted by Gasteiger charge is 2.15. The number of hydrogen-bond acceptors (Lipinski definition) is 3. The number of amides is 1. The van der Waals surface area contributed by atoms with E-state index in [2.05, 4.69) is 47.1 Å². The van der Waals surface area contributed by atoms with Crippen LogP contribution in [0.1, 0.15) is 30.4 Å². The van der Waals surface area contributed by atoms with Crippen LogP contribution in [-0.4, -0.2) is 20.4 Å². The molecule has 0 aliphatic heterocycles. The van der Waals surface area contributed by atoms with Crippen LogP contribution in [0.5, 0.6) is 0 Å². The van der Waals surface area contributed by atoms with E-state index in [1.165, 1.54) is 12.4 Å². The number of rotatable bonds is 3. The maximum Gasteiger partial charge on any atom is 0.273 e. The summed E-state index contributed by atoms with van der Waals surface area (Å²) < 4.78 is 3.39. The Labute approximate surface area is 127 Å². The SMILES string of the molecule is CC(C)n1cc(Br)cc1C(=O)Nc1cnc(Br)cn1. The molecule has 2 rings (SSSR count). The zero-order valence-electron chi connectivity index (χ0n) is 10.4. The van der Waals surface area contributed by atoms with E-state index in [1.807, 2.05) is 24.6 Å². The van der Waals surface area contributed by atoms with Crippen molar-refractivity contribution in [1.82, 2.24) is 14.5 Å². The third kappa shape index (κ3) is 3.42. The maximum absolute atomic E-state index is 12.2. The Morgan fingerprint density at radius 1 is 1.32 bits per heavy atom. The zero-order valence-corrected chi connectivity index (χ0v) is 13.6. The van der Waals surface area contributed by atoms with Gasteiger partial charge in [-0.05, 0) is 51.8 Å². The van der Waals surface area contributed by atoms with E-state index in [0.717, 1.165) is 4.47 Å². The van der Waals surface area contributed by atoms with Crippen LogP contribution in [0.3, 0.4) is 0 Å². The van der Waals surface area contributed by atoms with Crippen molar-refractivity contribution in [2.24, 2.45) is 0 Å². The van der Waals surface area contributed by atoms with Gasteiger partial charge in [0.2, 0.25) is 0 Å².